The van der Waals surface area contributed by atoms with Gasteiger partial charge in [0.15, 0.2) is 0 Å². The Morgan fingerprint density at radius 3 is 2.48 bits per heavy atom. The lowest BCUT2D eigenvalue weighted by Gasteiger charge is -2.39. The Kier molecular flexibility index (Phi) is 9.38. The van der Waals surface area contributed by atoms with Gasteiger partial charge in [0.1, 0.15) is 16.9 Å². The molecule has 2 aromatic heterocycles. The van der Waals surface area contributed by atoms with Gasteiger partial charge in [0.05, 0.1) is 38.2 Å². The van der Waals surface area contributed by atoms with Gasteiger partial charge < -0.3 is 28.6 Å². The highest BCUT2D eigenvalue weighted by molar-refractivity contribution is 5.87. The molecule has 1 N–H and O–H groups in total. The minimum absolute atomic E-state index is 0.362. The zero-order valence-corrected chi connectivity index (χ0v) is 26.0. The van der Waals surface area contributed by atoms with Crippen molar-refractivity contribution in [2.24, 2.45) is 0 Å². The van der Waals surface area contributed by atoms with Gasteiger partial charge in [0.25, 0.3) is 0 Å². The van der Waals surface area contributed by atoms with Gasteiger partial charge in [0.2, 0.25) is 11.8 Å². The molecule has 3 aromatic carbocycles. The van der Waals surface area contributed by atoms with Gasteiger partial charge in [-0.1, -0.05) is 31.2 Å². The van der Waals surface area contributed by atoms with Crippen LogP contribution >= 0.6 is 0 Å². The summed E-state index contributed by atoms with van der Waals surface area (Å²) in [5, 5.41) is 25.6. The van der Waals surface area contributed by atoms with Crippen LogP contribution in [0.1, 0.15) is 54.9 Å². The van der Waals surface area contributed by atoms with Crippen molar-refractivity contribution in [1.29, 1.82) is 5.26 Å². The van der Waals surface area contributed by atoms with E-state index < -0.39 is 11.5 Å². The van der Waals surface area contributed by atoms with Crippen molar-refractivity contribution >= 4 is 21.7 Å². The summed E-state index contributed by atoms with van der Waals surface area (Å²) in [5.74, 6) is 0.733. The smallest absolute Gasteiger partial charge is 0.216 e. The standard InChI is InChI=1S/C36H39N3O5/c1-6-16-43-33-22-28(21-32(38-33)42-7-2)34(29-19-27-18-24(23-37)11-12-26(27)20-31(29)41-5)36(40,14-15-39(3)4)30-10-8-9-25-13-17-44-35(25)30/h8-13,17-22,34,40H,6-7,14-16H2,1-5H3/t34-,36-/m1/s1. The van der Waals surface area contributed by atoms with E-state index in [2.05, 4.69) is 16.0 Å². The Morgan fingerprint density at radius 1 is 0.977 bits per heavy atom. The molecule has 0 aliphatic heterocycles. The van der Waals surface area contributed by atoms with Crippen LogP contribution < -0.4 is 14.2 Å². The number of hydrogen-bond donors (Lipinski definition) is 1. The van der Waals surface area contributed by atoms with E-state index in [1.807, 2.05) is 88.6 Å². The Labute approximate surface area is 258 Å². The number of aromatic nitrogens is 1. The molecule has 228 valence electrons. The predicted octanol–water partition coefficient (Wildman–Crippen LogP) is 7.02. The minimum atomic E-state index is -1.50. The zero-order chi connectivity index (χ0) is 31.3. The monoisotopic (exact) mass is 593 g/mol. The Balaban J connectivity index is 1.87. The first kappa shape index (κ1) is 30.9. The van der Waals surface area contributed by atoms with Crippen molar-refractivity contribution in [1.82, 2.24) is 9.88 Å². The molecule has 0 amide bonds. The topological polar surface area (TPSA) is 101 Å². The van der Waals surface area contributed by atoms with Crippen LogP contribution in [0.15, 0.2) is 77.4 Å². The average Bonchev–Trinajstić information content (AvgIpc) is 3.51. The zero-order valence-electron chi connectivity index (χ0n) is 26.0. The molecule has 5 rings (SSSR count). The molecule has 8 nitrogen and oxygen atoms in total. The van der Waals surface area contributed by atoms with E-state index in [1.54, 1.807) is 19.4 Å². The van der Waals surface area contributed by atoms with E-state index in [-0.39, 0.29) is 0 Å². The summed E-state index contributed by atoms with van der Waals surface area (Å²) in [6, 6.07) is 23.2. The molecular formula is C36H39N3O5. The lowest BCUT2D eigenvalue weighted by molar-refractivity contribution is 0.00442. The van der Waals surface area contributed by atoms with Crippen LogP contribution in [-0.2, 0) is 5.60 Å². The Bertz CT molecular complexity index is 1790. The van der Waals surface area contributed by atoms with Crippen molar-refractivity contribution in [2.45, 2.75) is 38.2 Å². The maximum absolute atomic E-state index is 13.3. The predicted molar refractivity (Wildman–Crippen MR) is 172 cm³/mol. The van der Waals surface area contributed by atoms with Crippen molar-refractivity contribution in [3.8, 4) is 23.6 Å². The van der Waals surface area contributed by atoms with E-state index >= 15 is 0 Å². The van der Waals surface area contributed by atoms with Crippen LogP contribution in [0.3, 0.4) is 0 Å². The highest BCUT2D eigenvalue weighted by Crippen LogP contribution is 2.50. The maximum atomic E-state index is 13.3. The van der Waals surface area contributed by atoms with Crippen LogP contribution in [0.5, 0.6) is 17.5 Å². The summed E-state index contributed by atoms with van der Waals surface area (Å²) < 4.78 is 24.0. The molecule has 0 aliphatic carbocycles. The quantitative estimate of drug-likeness (QED) is 0.155. The summed E-state index contributed by atoms with van der Waals surface area (Å²) >= 11 is 0. The second kappa shape index (κ2) is 13.4. The van der Waals surface area contributed by atoms with Gasteiger partial charge in [-0.05, 0) is 80.5 Å². The number of nitriles is 1. The van der Waals surface area contributed by atoms with Crippen molar-refractivity contribution in [3.63, 3.8) is 0 Å². The second-order valence-corrected chi connectivity index (χ2v) is 11.2. The molecule has 0 aliphatic rings. The number of ether oxygens (including phenoxy) is 3. The average molecular weight is 594 g/mol. The van der Waals surface area contributed by atoms with E-state index in [1.165, 1.54) is 0 Å². The number of rotatable bonds is 13. The number of furan rings is 1. The molecule has 0 bridgehead atoms. The lowest BCUT2D eigenvalue weighted by Crippen LogP contribution is -2.38. The van der Waals surface area contributed by atoms with E-state index in [9.17, 15) is 10.4 Å². The van der Waals surface area contributed by atoms with Crippen LogP contribution in [0.2, 0.25) is 0 Å². The van der Waals surface area contributed by atoms with E-state index in [0.29, 0.717) is 60.4 Å². The largest absolute Gasteiger partial charge is 0.496 e. The summed E-state index contributed by atoms with van der Waals surface area (Å²) in [6.45, 7) is 5.43. The summed E-state index contributed by atoms with van der Waals surface area (Å²) in [7, 11) is 5.60. The number of hydrogen-bond acceptors (Lipinski definition) is 8. The van der Waals surface area contributed by atoms with E-state index in [4.69, 9.17) is 18.6 Å². The van der Waals surface area contributed by atoms with Gasteiger partial charge in [-0.15, -0.1) is 0 Å². The first-order chi connectivity index (χ1) is 21.3. The van der Waals surface area contributed by atoms with Crippen LogP contribution in [0.25, 0.3) is 21.7 Å². The number of fused-ring (bicyclic) bond motifs is 2. The molecule has 5 aromatic rings. The van der Waals surface area contributed by atoms with Crippen LogP contribution in [0.4, 0.5) is 0 Å². The first-order valence-corrected chi connectivity index (χ1v) is 14.9. The number of para-hydroxylation sites is 1. The molecule has 0 fully saturated rings. The molecule has 8 heteroatoms. The summed E-state index contributed by atoms with van der Waals surface area (Å²) in [6.07, 6.45) is 2.82. The molecule has 0 unspecified atom stereocenters. The Morgan fingerprint density at radius 2 is 1.77 bits per heavy atom. The molecule has 2 atom stereocenters. The highest BCUT2D eigenvalue weighted by Gasteiger charge is 2.44. The first-order valence-electron chi connectivity index (χ1n) is 14.9. The summed E-state index contributed by atoms with van der Waals surface area (Å²) in [4.78, 5) is 6.65. The molecule has 2 heterocycles. The number of benzene rings is 3. The van der Waals surface area contributed by atoms with Gasteiger partial charge in [-0.2, -0.15) is 10.2 Å². The van der Waals surface area contributed by atoms with E-state index in [0.717, 1.165) is 33.7 Å². The molecule has 0 saturated carbocycles. The molecule has 0 spiro atoms. The number of methoxy groups -OCH3 is 1. The van der Waals surface area contributed by atoms with Gasteiger partial charge in [0, 0.05) is 41.1 Å². The fourth-order valence-corrected chi connectivity index (χ4v) is 5.81. The third-order valence-corrected chi connectivity index (χ3v) is 7.87. The molecule has 44 heavy (non-hydrogen) atoms. The lowest BCUT2D eigenvalue weighted by atomic mass is 9.71. The highest BCUT2D eigenvalue weighted by atomic mass is 16.5. The number of pyridine rings is 1. The third kappa shape index (κ3) is 6.21. The fraction of sp³-hybridized carbons (Fsp3) is 0.333. The van der Waals surface area contributed by atoms with Crippen molar-refractivity contribution in [2.75, 3.05) is 41.0 Å². The molecule has 0 radical (unpaired) electrons. The van der Waals surface area contributed by atoms with Gasteiger partial charge in [-0.25, -0.2) is 0 Å². The van der Waals surface area contributed by atoms with Gasteiger partial charge >= 0.3 is 0 Å². The Hall–Kier alpha value is -4.58. The number of aliphatic hydroxyl groups is 1. The number of nitrogens with zero attached hydrogens (tertiary/aromatic N) is 3. The molecule has 0 saturated heterocycles. The van der Waals surface area contributed by atoms with Crippen molar-refractivity contribution in [3.05, 3.63) is 95.2 Å². The van der Waals surface area contributed by atoms with Crippen molar-refractivity contribution < 1.29 is 23.7 Å². The van der Waals surface area contributed by atoms with Crippen LogP contribution in [0, 0.1) is 11.3 Å². The third-order valence-electron chi connectivity index (χ3n) is 7.87. The second-order valence-electron chi connectivity index (χ2n) is 11.2. The minimum Gasteiger partial charge on any atom is -0.496 e. The van der Waals surface area contributed by atoms with Crippen LogP contribution in [-0.4, -0.2) is 56.0 Å². The SMILES string of the molecule is CCCOc1cc([C@H](c2cc3cc(C#N)ccc3cc2OC)[C@@](O)(CCN(C)C)c2cccc3ccoc23)cc(OCC)n1. The summed E-state index contributed by atoms with van der Waals surface area (Å²) in [5.41, 5.74) is 1.81. The normalized spacial score (nSPS) is 13.5. The molecular weight excluding hydrogens is 554 g/mol. The van der Waals surface area contributed by atoms with Gasteiger partial charge in [-0.3, -0.25) is 0 Å². The fourth-order valence-electron chi connectivity index (χ4n) is 5.81. The maximum Gasteiger partial charge on any atom is 0.216 e.